The summed E-state index contributed by atoms with van der Waals surface area (Å²) in [5, 5.41) is 1.13. The van der Waals surface area contributed by atoms with Crippen molar-refractivity contribution >= 4 is 35.0 Å². The van der Waals surface area contributed by atoms with Crippen molar-refractivity contribution < 1.29 is 9.53 Å². The lowest BCUT2D eigenvalue weighted by atomic mass is 9.85. The van der Waals surface area contributed by atoms with Crippen LogP contribution in [0.5, 0.6) is 0 Å². The number of piperazine rings is 1. The highest BCUT2D eigenvalue weighted by molar-refractivity contribution is 6.34. The molecule has 0 aromatic carbocycles. The highest BCUT2D eigenvalue weighted by atomic mass is 35.5. The molecule has 1 saturated heterocycles. The van der Waals surface area contributed by atoms with Crippen molar-refractivity contribution in [3.05, 3.63) is 22.4 Å². The highest BCUT2D eigenvalue weighted by Gasteiger charge is 2.25. The molecular weight excluding hydrogens is 375 g/mol. The fourth-order valence-corrected chi connectivity index (χ4v) is 4.30. The number of halogens is 2. The van der Waals surface area contributed by atoms with Gasteiger partial charge in [0, 0.05) is 38.4 Å². The number of primary amides is 1. The van der Waals surface area contributed by atoms with E-state index in [0.29, 0.717) is 16.1 Å². The maximum absolute atomic E-state index is 10.8. The molecule has 0 atom stereocenters. The first-order valence-corrected chi connectivity index (χ1v) is 10.0. The van der Waals surface area contributed by atoms with Crippen LogP contribution in [0.25, 0.3) is 0 Å². The summed E-state index contributed by atoms with van der Waals surface area (Å²) < 4.78 is 5.10. The van der Waals surface area contributed by atoms with Crippen molar-refractivity contribution in [2.45, 2.75) is 38.2 Å². The monoisotopic (exact) mass is 400 g/mol. The van der Waals surface area contributed by atoms with Crippen LogP contribution in [0, 0.1) is 5.92 Å². The third kappa shape index (κ3) is 5.38. The van der Waals surface area contributed by atoms with Gasteiger partial charge in [0.05, 0.1) is 10.7 Å². The van der Waals surface area contributed by atoms with E-state index in [2.05, 4.69) is 14.8 Å². The number of anilines is 1. The molecule has 2 heterocycles. The predicted molar refractivity (Wildman–Crippen MR) is 104 cm³/mol. The summed E-state index contributed by atoms with van der Waals surface area (Å²) in [5.74, 6) is 0.717. The minimum absolute atomic E-state index is 0.0178. The number of carbonyl (C=O) groups is 1. The van der Waals surface area contributed by atoms with Crippen LogP contribution >= 0.6 is 23.2 Å². The quantitative estimate of drug-likeness (QED) is 0.764. The first-order valence-electron chi connectivity index (χ1n) is 9.25. The SMILES string of the molecule is NC(=O)OC1CCC(CCN2CCN(c3cc(Cl)ncc3Cl)CC2)CC1. The molecule has 2 aliphatic rings. The number of pyridine rings is 1. The Bertz CT molecular complexity index is 615. The summed E-state index contributed by atoms with van der Waals surface area (Å²) in [6.45, 7) is 5.05. The van der Waals surface area contributed by atoms with Crippen molar-refractivity contribution in [1.29, 1.82) is 0 Å². The van der Waals surface area contributed by atoms with Gasteiger partial charge in [0.2, 0.25) is 0 Å². The summed E-state index contributed by atoms with van der Waals surface area (Å²) in [5.41, 5.74) is 6.07. The average molecular weight is 401 g/mol. The third-order valence-corrected chi connectivity index (χ3v) is 5.94. The standard InChI is InChI=1S/C18H26Cl2N4O2/c19-15-12-22-17(20)11-16(15)24-9-7-23(8-10-24)6-5-13-1-3-14(4-2-13)26-18(21)25/h11-14H,1-10H2,(H2,21,25). The molecule has 1 aromatic heterocycles. The normalized spacial score (nSPS) is 24.5. The van der Waals surface area contributed by atoms with Crippen LogP contribution < -0.4 is 10.6 Å². The third-order valence-electron chi connectivity index (χ3n) is 5.44. The van der Waals surface area contributed by atoms with Gasteiger partial charge in [-0.1, -0.05) is 23.2 Å². The Balaban J connectivity index is 1.38. The highest BCUT2D eigenvalue weighted by Crippen LogP contribution is 2.30. The molecule has 26 heavy (non-hydrogen) atoms. The molecule has 1 saturated carbocycles. The zero-order valence-electron chi connectivity index (χ0n) is 14.9. The van der Waals surface area contributed by atoms with E-state index in [9.17, 15) is 4.79 Å². The van der Waals surface area contributed by atoms with Gasteiger partial charge < -0.3 is 15.4 Å². The topological polar surface area (TPSA) is 71.7 Å². The van der Waals surface area contributed by atoms with Crippen LogP contribution in [0.15, 0.2) is 12.3 Å². The molecule has 1 amide bonds. The molecule has 6 nitrogen and oxygen atoms in total. The van der Waals surface area contributed by atoms with Crippen LogP contribution in [0.3, 0.4) is 0 Å². The van der Waals surface area contributed by atoms with Crippen LogP contribution in [0.1, 0.15) is 32.1 Å². The number of nitrogens with two attached hydrogens (primary N) is 1. The predicted octanol–water partition coefficient (Wildman–Crippen LogP) is 3.55. The minimum atomic E-state index is -0.651. The number of carbonyl (C=O) groups excluding carboxylic acids is 1. The average Bonchev–Trinajstić information content (AvgIpc) is 2.63. The number of aromatic nitrogens is 1. The molecule has 0 radical (unpaired) electrons. The zero-order valence-corrected chi connectivity index (χ0v) is 16.4. The summed E-state index contributed by atoms with van der Waals surface area (Å²) in [6, 6.07) is 1.84. The molecule has 0 unspecified atom stereocenters. The van der Waals surface area contributed by atoms with Crippen molar-refractivity contribution in [3.8, 4) is 0 Å². The first kappa shape index (κ1) is 19.5. The van der Waals surface area contributed by atoms with Gasteiger partial charge in [0.15, 0.2) is 0 Å². The fraction of sp³-hybridized carbons (Fsp3) is 0.667. The lowest BCUT2D eigenvalue weighted by Gasteiger charge is -2.37. The van der Waals surface area contributed by atoms with E-state index in [-0.39, 0.29) is 6.10 Å². The van der Waals surface area contributed by atoms with Gasteiger partial charge in [-0.15, -0.1) is 0 Å². The smallest absolute Gasteiger partial charge is 0.404 e. The van der Waals surface area contributed by atoms with Crippen LogP contribution in [-0.2, 0) is 4.74 Å². The molecule has 0 bridgehead atoms. The largest absolute Gasteiger partial charge is 0.446 e. The van der Waals surface area contributed by atoms with Gasteiger partial charge in [-0.2, -0.15) is 0 Å². The van der Waals surface area contributed by atoms with Gasteiger partial charge >= 0.3 is 6.09 Å². The van der Waals surface area contributed by atoms with E-state index in [4.69, 9.17) is 33.7 Å². The number of hydrogen-bond acceptors (Lipinski definition) is 5. The van der Waals surface area contributed by atoms with E-state index in [1.807, 2.05) is 6.07 Å². The maximum atomic E-state index is 10.8. The molecule has 1 aliphatic carbocycles. The summed E-state index contributed by atoms with van der Waals surface area (Å²) in [7, 11) is 0. The molecule has 1 aromatic rings. The maximum Gasteiger partial charge on any atom is 0.404 e. The second-order valence-electron chi connectivity index (χ2n) is 7.16. The molecule has 144 valence electrons. The minimum Gasteiger partial charge on any atom is -0.446 e. The van der Waals surface area contributed by atoms with Gasteiger partial charge in [-0.3, -0.25) is 4.90 Å². The van der Waals surface area contributed by atoms with Gasteiger partial charge in [0.25, 0.3) is 0 Å². The Hall–Kier alpha value is -1.24. The molecule has 0 spiro atoms. The molecule has 2 N–H and O–H groups in total. The summed E-state index contributed by atoms with van der Waals surface area (Å²) >= 11 is 12.3. The number of rotatable bonds is 5. The van der Waals surface area contributed by atoms with E-state index >= 15 is 0 Å². The fourth-order valence-electron chi connectivity index (χ4n) is 3.93. The second-order valence-corrected chi connectivity index (χ2v) is 7.95. The second kappa shape index (κ2) is 9.11. The zero-order chi connectivity index (χ0) is 18.5. The van der Waals surface area contributed by atoms with Crippen molar-refractivity contribution in [3.63, 3.8) is 0 Å². The Morgan fingerprint density at radius 2 is 1.88 bits per heavy atom. The Morgan fingerprint density at radius 3 is 2.54 bits per heavy atom. The van der Waals surface area contributed by atoms with Gasteiger partial charge in [-0.25, -0.2) is 9.78 Å². The molecule has 1 aliphatic heterocycles. The first-order chi connectivity index (χ1) is 12.5. The van der Waals surface area contributed by atoms with Gasteiger partial charge in [0.1, 0.15) is 11.3 Å². The van der Waals surface area contributed by atoms with E-state index in [1.165, 1.54) is 6.42 Å². The Morgan fingerprint density at radius 1 is 1.19 bits per heavy atom. The Kier molecular flexibility index (Phi) is 6.84. The van der Waals surface area contributed by atoms with Crippen LogP contribution in [0.2, 0.25) is 10.2 Å². The van der Waals surface area contributed by atoms with Crippen molar-refractivity contribution in [1.82, 2.24) is 9.88 Å². The Labute approximate surface area is 164 Å². The van der Waals surface area contributed by atoms with Crippen LogP contribution in [0.4, 0.5) is 10.5 Å². The lowest BCUT2D eigenvalue weighted by Crippen LogP contribution is -2.47. The van der Waals surface area contributed by atoms with E-state index in [0.717, 1.165) is 64.1 Å². The number of amides is 1. The number of hydrogen-bond donors (Lipinski definition) is 1. The van der Waals surface area contributed by atoms with E-state index < -0.39 is 6.09 Å². The number of ether oxygens (including phenoxy) is 1. The number of nitrogens with zero attached hydrogens (tertiary/aromatic N) is 3. The van der Waals surface area contributed by atoms with Crippen LogP contribution in [-0.4, -0.2) is 54.8 Å². The lowest BCUT2D eigenvalue weighted by molar-refractivity contribution is 0.0679. The molecule has 2 fully saturated rings. The molecular formula is C18H26Cl2N4O2. The summed E-state index contributed by atoms with van der Waals surface area (Å²) in [4.78, 5) is 19.6. The molecule has 3 rings (SSSR count). The van der Waals surface area contributed by atoms with Crippen molar-refractivity contribution in [2.75, 3.05) is 37.6 Å². The molecule has 8 heteroatoms. The summed E-state index contributed by atoms with van der Waals surface area (Å²) in [6.07, 6.45) is 6.28. The van der Waals surface area contributed by atoms with E-state index in [1.54, 1.807) is 6.20 Å². The van der Waals surface area contributed by atoms with Gasteiger partial charge in [-0.05, 0) is 44.6 Å². The van der Waals surface area contributed by atoms with Crippen molar-refractivity contribution in [2.24, 2.45) is 11.7 Å².